The van der Waals surface area contributed by atoms with Crippen LogP contribution in [-0.2, 0) is 14.3 Å². The van der Waals surface area contributed by atoms with E-state index in [1.807, 2.05) is 0 Å². The zero-order chi connectivity index (χ0) is 13.5. The first kappa shape index (κ1) is 13.7. The van der Waals surface area contributed by atoms with Crippen LogP contribution >= 0.6 is 0 Å². The summed E-state index contributed by atoms with van der Waals surface area (Å²) < 4.78 is 9.49. The molecule has 1 N–H and O–H groups in total. The van der Waals surface area contributed by atoms with E-state index in [-0.39, 0.29) is 30.2 Å². The van der Waals surface area contributed by atoms with Gasteiger partial charge >= 0.3 is 11.9 Å². The highest BCUT2D eigenvalue weighted by Gasteiger charge is 2.11. The Bertz CT molecular complexity index is 469. The third-order valence-electron chi connectivity index (χ3n) is 1.85. The first-order valence-electron chi connectivity index (χ1n) is 5.18. The summed E-state index contributed by atoms with van der Waals surface area (Å²) >= 11 is 0. The number of rotatable bonds is 5. The minimum atomic E-state index is -0.654. The molecule has 0 amide bonds. The minimum absolute atomic E-state index is 0.113. The molecule has 96 valence electrons. The van der Waals surface area contributed by atoms with Crippen LogP contribution < -0.4 is 4.74 Å². The van der Waals surface area contributed by atoms with E-state index in [1.165, 1.54) is 25.3 Å². The van der Waals surface area contributed by atoms with Crippen LogP contribution in [0.2, 0.25) is 0 Å². The number of aromatic nitrogens is 1. The van der Waals surface area contributed by atoms with Crippen molar-refractivity contribution in [2.45, 2.75) is 13.3 Å². The van der Waals surface area contributed by atoms with Gasteiger partial charge in [-0.05, 0) is 19.1 Å². The Balaban J connectivity index is 2.37. The lowest BCUT2D eigenvalue weighted by Crippen LogP contribution is -2.14. The van der Waals surface area contributed by atoms with Crippen LogP contribution in [0.1, 0.15) is 13.3 Å². The molecule has 0 spiro atoms. The molecule has 0 aromatic carbocycles. The summed E-state index contributed by atoms with van der Waals surface area (Å²) in [7, 11) is 0. The van der Waals surface area contributed by atoms with Gasteiger partial charge in [-0.2, -0.15) is 0 Å². The van der Waals surface area contributed by atoms with E-state index in [0.29, 0.717) is 0 Å². The molecular formula is C12H13NO5. The van der Waals surface area contributed by atoms with Gasteiger partial charge in [0.15, 0.2) is 5.75 Å². The fourth-order valence-corrected chi connectivity index (χ4v) is 0.970. The van der Waals surface area contributed by atoms with Gasteiger partial charge in [0.05, 0.1) is 6.42 Å². The predicted molar refractivity (Wildman–Crippen MR) is 61.9 cm³/mol. The number of hydrogen-bond acceptors (Lipinski definition) is 6. The summed E-state index contributed by atoms with van der Waals surface area (Å²) in [4.78, 5) is 26.0. The minimum Gasteiger partial charge on any atom is -0.503 e. The highest BCUT2D eigenvalue weighted by atomic mass is 16.6. The molecule has 0 aliphatic carbocycles. The summed E-state index contributed by atoms with van der Waals surface area (Å²) in [5.41, 5.74) is 0.255. The van der Waals surface area contributed by atoms with E-state index in [9.17, 15) is 14.7 Å². The molecule has 0 radical (unpaired) electrons. The molecule has 0 fully saturated rings. The van der Waals surface area contributed by atoms with Gasteiger partial charge in [-0.1, -0.05) is 6.58 Å². The van der Waals surface area contributed by atoms with Gasteiger partial charge in [0, 0.05) is 11.8 Å². The third kappa shape index (κ3) is 4.25. The van der Waals surface area contributed by atoms with Crippen molar-refractivity contribution in [3.8, 4) is 11.6 Å². The molecule has 18 heavy (non-hydrogen) atoms. The van der Waals surface area contributed by atoms with Crippen molar-refractivity contribution >= 4 is 11.9 Å². The Kier molecular flexibility index (Phi) is 4.86. The molecule has 0 saturated heterocycles. The van der Waals surface area contributed by atoms with Crippen molar-refractivity contribution in [1.29, 1.82) is 0 Å². The molecule has 1 heterocycles. The topological polar surface area (TPSA) is 85.7 Å². The monoisotopic (exact) mass is 251 g/mol. The number of nitrogens with zero attached hydrogens (tertiary/aromatic N) is 1. The van der Waals surface area contributed by atoms with Gasteiger partial charge < -0.3 is 14.6 Å². The Hall–Kier alpha value is -2.37. The summed E-state index contributed by atoms with van der Waals surface area (Å²) in [6, 6.07) is 2.85. The molecule has 0 unspecified atom stereocenters. The second kappa shape index (κ2) is 6.39. The zero-order valence-electron chi connectivity index (χ0n) is 9.88. The highest BCUT2D eigenvalue weighted by molar-refractivity contribution is 5.87. The molecular weight excluding hydrogens is 238 g/mol. The van der Waals surface area contributed by atoms with Crippen molar-refractivity contribution in [2.75, 3.05) is 6.61 Å². The molecule has 0 bridgehead atoms. The number of carbonyl (C=O) groups is 2. The second-order valence-electron chi connectivity index (χ2n) is 3.47. The number of aromatic hydroxyl groups is 1. The van der Waals surface area contributed by atoms with Crippen molar-refractivity contribution in [3.05, 3.63) is 30.5 Å². The van der Waals surface area contributed by atoms with Gasteiger partial charge in [0.25, 0.3) is 5.88 Å². The maximum absolute atomic E-state index is 11.3. The van der Waals surface area contributed by atoms with E-state index in [0.717, 1.165) is 0 Å². The quantitative estimate of drug-likeness (QED) is 0.625. The lowest BCUT2D eigenvalue weighted by Gasteiger charge is -2.05. The molecule has 6 heteroatoms. The summed E-state index contributed by atoms with van der Waals surface area (Å²) in [5, 5.41) is 9.31. The summed E-state index contributed by atoms with van der Waals surface area (Å²) in [5.74, 6) is -1.62. The highest BCUT2D eigenvalue weighted by Crippen LogP contribution is 2.21. The fourth-order valence-electron chi connectivity index (χ4n) is 0.970. The lowest BCUT2D eigenvalue weighted by molar-refractivity contribution is -0.142. The Morgan fingerprint density at radius 2 is 2.22 bits per heavy atom. The van der Waals surface area contributed by atoms with E-state index in [1.54, 1.807) is 0 Å². The van der Waals surface area contributed by atoms with E-state index in [2.05, 4.69) is 11.6 Å². The maximum Gasteiger partial charge on any atom is 0.333 e. The summed E-state index contributed by atoms with van der Waals surface area (Å²) in [6.07, 6.45) is 1.25. The van der Waals surface area contributed by atoms with Gasteiger partial charge in [-0.15, -0.1) is 0 Å². The average Bonchev–Trinajstić information content (AvgIpc) is 2.32. The van der Waals surface area contributed by atoms with Crippen LogP contribution in [0.4, 0.5) is 0 Å². The maximum atomic E-state index is 11.3. The lowest BCUT2D eigenvalue weighted by atomic mass is 10.3. The van der Waals surface area contributed by atoms with Crippen LogP contribution in [0.3, 0.4) is 0 Å². The normalized spacial score (nSPS) is 9.61. The standard InChI is InChI=1S/C12H13NO5/c1-8(2)12(16)17-7-5-10(15)18-11-9(14)4-3-6-13-11/h3-4,6,14H,1,5,7H2,2H3. The first-order valence-corrected chi connectivity index (χ1v) is 5.18. The molecule has 1 rings (SSSR count). The summed E-state index contributed by atoms with van der Waals surface area (Å²) in [6.45, 7) is 4.79. The van der Waals surface area contributed by atoms with E-state index in [4.69, 9.17) is 9.47 Å². The van der Waals surface area contributed by atoms with Gasteiger partial charge in [0.2, 0.25) is 0 Å². The van der Waals surface area contributed by atoms with E-state index < -0.39 is 11.9 Å². The van der Waals surface area contributed by atoms with E-state index >= 15 is 0 Å². The molecule has 6 nitrogen and oxygen atoms in total. The number of carbonyl (C=O) groups excluding carboxylic acids is 2. The van der Waals surface area contributed by atoms with Crippen LogP contribution in [-0.4, -0.2) is 28.6 Å². The largest absolute Gasteiger partial charge is 0.503 e. The second-order valence-corrected chi connectivity index (χ2v) is 3.47. The zero-order valence-corrected chi connectivity index (χ0v) is 9.88. The number of pyridine rings is 1. The Labute approximate surface area is 104 Å². The smallest absolute Gasteiger partial charge is 0.333 e. The van der Waals surface area contributed by atoms with Crippen LogP contribution in [0, 0.1) is 0 Å². The number of ether oxygens (including phenoxy) is 2. The fraction of sp³-hybridized carbons (Fsp3) is 0.250. The molecule has 1 aromatic heterocycles. The number of hydrogen-bond donors (Lipinski definition) is 1. The molecule has 0 aliphatic heterocycles. The third-order valence-corrected chi connectivity index (χ3v) is 1.85. The average molecular weight is 251 g/mol. The van der Waals surface area contributed by atoms with Crippen molar-refractivity contribution < 1.29 is 24.2 Å². The molecule has 0 aliphatic rings. The first-order chi connectivity index (χ1) is 8.50. The van der Waals surface area contributed by atoms with Crippen LogP contribution in [0.15, 0.2) is 30.5 Å². The van der Waals surface area contributed by atoms with Crippen molar-refractivity contribution in [2.24, 2.45) is 0 Å². The van der Waals surface area contributed by atoms with Crippen LogP contribution in [0.5, 0.6) is 11.6 Å². The van der Waals surface area contributed by atoms with Gasteiger partial charge in [-0.3, -0.25) is 4.79 Å². The molecule has 0 atom stereocenters. The predicted octanol–water partition coefficient (Wildman–Crippen LogP) is 1.20. The Morgan fingerprint density at radius 3 is 2.83 bits per heavy atom. The van der Waals surface area contributed by atoms with Crippen molar-refractivity contribution in [3.63, 3.8) is 0 Å². The molecule has 0 saturated carbocycles. The van der Waals surface area contributed by atoms with Gasteiger partial charge in [0.1, 0.15) is 6.61 Å². The Morgan fingerprint density at radius 1 is 1.50 bits per heavy atom. The molecule has 1 aromatic rings. The van der Waals surface area contributed by atoms with Crippen molar-refractivity contribution in [1.82, 2.24) is 4.98 Å². The SMILES string of the molecule is C=C(C)C(=O)OCCC(=O)Oc1ncccc1O. The van der Waals surface area contributed by atoms with Gasteiger partial charge in [-0.25, -0.2) is 9.78 Å². The number of esters is 2. The van der Waals surface area contributed by atoms with Crippen LogP contribution in [0.25, 0.3) is 0 Å².